The summed E-state index contributed by atoms with van der Waals surface area (Å²) < 4.78 is 23.1. The molecular weight excluding hydrogens is 414 g/mol. The van der Waals surface area contributed by atoms with E-state index in [1.165, 1.54) is 16.7 Å². The fraction of sp³-hybridized carbons (Fsp3) is 0.357. The van der Waals surface area contributed by atoms with Gasteiger partial charge < -0.3 is 18.9 Å². The van der Waals surface area contributed by atoms with E-state index in [0.29, 0.717) is 19.4 Å². The summed E-state index contributed by atoms with van der Waals surface area (Å²) in [6.07, 6.45) is 3.07. The highest BCUT2D eigenvalue weighted by Crippen LogP contribution is 2.42. The van der Waals surface area contributed by atoms with Crippen molar-refractivity contribution in [3.8, 4) is 23.0 Å². The van der Waals surface area contributed by atoms with Gasteiger partial charge >= 0.3 is 0 Å². The molecule has 5 rings (SSSR count). The van der Waals surface area contributed by atoms with E-state index >= 15 is 0 Å². The summed E-state index contributed by atoms with van der Waals surface area (Å²) in [4.78, 5) is 2.60. The Kier molecular flexibility index (Phi) is 6.40. The molecule has 5 heteroatoms. The summed E-state index contributed by atoms with van der Waals surface area (Å²) in [6.45, 7) is 5.19. The maximum Gasteiger partial charge on any atom is 0.231 e. The second-order valence-electron chi connectivity index (χ2n) is 8.67. The Labute approximate surface area is 195 Å². The molecule has 3 aromatic carbocycles. The van der Waals surface area contributed by atoms with Gasteiger partial charge in [-0.1, -0.05) is 43.3 Å². The summed E-state index contributed by atoms with van der Waals surface area (Å²) in [6, 6.07) is 21.2. The predicted molar refractivity (Wildman–Crippen MR) is 128 cm³/mol. The number of ether oxygens (including phenoxy) is 4. The maximum atomic E-state index is 6.17. The van der Waals surface area contributed by atoms with Crippen LogP contribution < -0.4 is 18.9 Å². The Morgan fingerprint density at radius 3 is 2.55 bits per heavy atom. The first-order chi connectivity index (χ1) is 16.2. The lowest BCUT2D eigenvalue weighted by molar-refractivity contribution is 0.173. The van der Waals surface area contributed by atoms with Crippen molar-refractivity contribution in [1.29, 1.82) is 0 Å². The number of rotatable bonds is 8. The first kappa shape index (κ1) is 21.7. The molecule has 5 nitrogen and oxygen atoms in total. The number of fused-ring (bicyclic) bond motifs is 2. The lowest BCUT2D eigenvalue weighted by Gasteiger charge is -2.37. The molecule has 2 aliphatic heterocycles. The zero-order valence-electron chi connectivity index (χ0n) is 19.4. The molecule has 0 saturated carbocycles. The summed E-state index contributed by atoms with van der Waals surface area (Å²) >= 11 is 0. The predicted octanol–water partition coefficient (Wildman–Crippen LogP) is 5.55. The van der Waals surface area contributed by atoms with Gasteiger partial charge in [0.25, 0.3) is 0 Å². The van der Waals surface area contributed by atoms with E-state index in [0.717, 1.165) is 60.9 Å². The molecule has 2 aliphatic rings. The topological polar surface area (TPSA) is 40.2 Å². The Hall–Kier alpha value is -3.18. The van der Waals surface area contributed by atoms with E-state index in [1.807, 2.05) is 24.3 Å². The van der Waals surface area contributed by atoms with E-state index in [-0.39, 0.29) is 0 Å². The minimum Gasteiger partial charge on any atom is -0.493 e. The molecule has 2 heterocycles. The van der Waals surface area contributed by atoms with Gasteiger partial charge in [-0.25, -0.2) is 0 Å². The standard InChI is InChI=1S/C28H31NO4/c1-3-12-29-13-11-22-16-27-28(33-19-32-27)17-23(22)24(29)14-21-9-10-25(30-2)26(15-21)31-18-20-7-5-4-6-8-20/h4-10,15-17,24H,3,11-14,18-19H2,1-2H3. The van der Waals surface area contributed by atoms with Crippen LogP contribution in [0.5, 0.6) is 23.0 Å². The molecule has 1 atom stereocenters. The number of hydrogen-bond acceptors (Lipinski definition) is 5. The summed E-state index contributed by atoms with van der Waals surface area (Å²) in [7, 11) is 1.69. The fourth-order valence-electron chi connectivity index (χ4n) is 4.86. The minimum absolute atomic E-state index is 0.290. The molecule has 0 fully saturated rings. The van der Waals surface area contributed by atoms with Gasteiger partial charge in [-0.15, -0.1) is 0 Å². The van der Waals surface area contributed by atoms with Crippen molar-refractivity contribution in [3.63, 3.8) is 0 Å². The van der Waals surface area contributed by atoms with E-state index in [2.05, 4.69) is 48.2 Å². The fourth-order valence-corrected chi connectivity index (χ4v) is 4.86. The van der Waals surface area contributed by atoms with Crippen LogP contribution in [-0.2, 0) is 19.4 Å². The quantitative estimate of drug-likeness (QED) is 0.454. The van der Waals surface area contributed by atoms with Gasteiger partial charge in [0.1, 0.15) is 6.61 Å². The van der Waals surface area contributed by atoms with Crippen LogP contribution in [0.3, 0.4) is 0 Å². The van der Waals surface area contributed by atoms with Crippen molar-refractivity contribution < 1.29 is 18.9 Å². The second-order valence-corrected chi connectivity index (χ2v) is 8.67. The highest BCUT2D eigenvalue weighted by atomic mass is 16.7. The number of hydrogen-bond donors (Lipinski definition) is 0. The third kappa shape index (κ3) is 4.64. The highest BCUT2D eigenvalue weighted by molar-refractivity contribution is 5.51. The molecule has 0 amide bonds. The summed E-state index contributed by atoms with van der Waals surface area (Å²) in [5.41, 5.74) is 5.08. The van der Waals surface area contributed by atoms with Crippen LogP contribution in [0.2, 0.25) is 0 Å². The van der Waals surface area contributed by atoms with Gasteiger partial charge in [0, 0.05) is 12.6 Å². The van der Waals surface area contributed by atoms with E-state index < -0.39 is 0 Å². The van der Waals surface area contributed by atoms with Gasteiger partial charge in [-0.2, -0.15) is 0 Å². The van der Waals surface area contributed by atoms with Gasteiger partial charge in [0.2, 0.25) is 6.79 Å². The molecule has 0 aromatic heterocycles. The Bertz CT molecular complexity index is 1100. The Morgan fingerprint density at radius 2 is 1.76 bits per heavy atom. The molecule has 172 valence electrons. The van der Waals surface area contributed by atoms with Crippen LogP contribution in [0.1, 0.15) is 41.6 Å². The molecule has 0 radical (unpaired) electrons. The van der Waals surface area contributed by atoms with Crippen LogP contribution in [-0.4, -0.2) is 31.9 Å². The average molecular weight is 446 g/mol. The second kappa shape index (κ2) is 9.75. The third-order valence-corrected chi connectivity index (χ3v) is 6.51. The maximum absolute atomic E-state index is 6.17. The molecule has 3 aromatic rings. The summed E-state index contributed by atoms with van der Waals surface area (Å²) in [5, 5.41) is 0. The van der Waals surface area contributed by atoms with Crippen LogP contribution in [0, 0.1) is 0 Å². The number of methoxy groups -OCH3 is 1. The largest absolute Gasteiger partial charge is 0.493 e. The van der Waals surface area contributed by atoms with Gasteiger partial charge in [0.15, 0.2) is 23.0 Å². The van der Waals surface area contributed by atoms with Crippen LogP contribution in [0.15, 0.2) is 60.7 Å². The third-order valence-electron chi connectivity index (χ3n) is 6.51. The zero-order valence-corrected chi connectivity index (χ0v) is 19.4. The minimum atomic E-state index is 0.290. The SMILES string of the molecule is CCCN1CCc2cc3c(cc2C1Cc1ccc(OC)c(OCc2ccccc2)c1)OCO3. The molecule has 0 saturated heterocycles. The lowest BCUT2D eigenvalue weighted by Crippen LogP contribution is -2.37. The van der Waals surface area contributed by atoms with Gasteiger partial charge in [0.05, 0.1) is 7.11 Å². The van der Waals surface area contributed by atoms with E-state index in [9.17, 15) is 0 Å². The summed E-state index contributed by atoms with van der Waals surface area (Å²) in [5.74, 6) is 3.27. The Balaban J connectivity index is 1.42. The smallest absolute Gasteiger partial charge is 0.231 e. The normalized spacial score (nSPS) is 17.0. The van der Waals surface area contributed by atoms with Crippen molar-refractivity contribution in [1.82, 2.24) is 4.90 Å². The average Bonchev–Trinajstić information content (AvgIpc) is 3.31. The molecule has 33 heavy (non-hydrogen) atoms. The van der Waals surface area contributed by atoms with E-state index in [4.69, 9.17) is 18.9 Å². The lowest BCUT2D eigenvalue weighted by atomic mass is 9.88. The number of nitrogens with zero attached hydrogens (tertiary/aromatic N) is 1. The van der Waals surface area contributed by atoms with Gasteiger partial charge in [-0.3, -0.25) is 4.90 Å². The molecule has 0 aliphatic carbocycles. The van der Waals surface area contributed by atoms with Crippen molar-refractivity contribution in [2.45, 2.75) is 38.8 Å². The zero-order chi connectivity index (χ0) is 22.6. The van der Waals surface area contributed by atoms with Crippen LogP contribution >= 0.6 is 0 Å². The Morgan fingerprint density at radius 1 is 0.939 bits per heavy atom. The van der Waals surface area contributed by atoms with Crippen molar-refractivity contribution in [2.75, 3.05) is 27.0 Å². The molecule has 0 spiro atoms. The van der Waals surface area contributed by atoms with Crippen LogP contribution in [0.25, 0.3) is 0 Å². The molecule has 0 N–H and O–H groups in total. The molecule has 1 unspecified atom stereocenters. The van der Waals surface area contributed by atoms with E-state index in [1.54, 1.807) is 7.11 Å². The number of benzene rings is 3. The highest BCUT2D eigenvalue weighted by Gasteiger charge is 2.30. The monoisotopic (exact) mass is 445 g/mol. The first-order valence-electron chi connectivity index (χ1n) is 11.7. The molecular formula is C28H31NO4. The first-order valence-corrected chi connectivity index (χ1v) is 11.7. The van der Waals surface area contributed by atoms with Crippen molar-refractivity contribution >= 4 is 0 Å². The van der Waals surface area contributed by atoms with Crippen molar-refractivity contribution in [3.05, 3.63) is 82.9 Å². The van der Waals surface area contributed by atoms with Gasteiger partial charge in [-0.05, 0) is 72.3 Å². The molecule has 0 bridgehead atoms. The van der Waals surface area contributed by atoms with Crippen LogP contribution in [0.4, 0.5) is 0 Å². The van der Waals surface area contributed by atoms with Crippen molar-refractivity contribution in [2.24, 2.45) is 0 Å².